The number of nitrogens with one attached hydrogen (secondary N) is 1. The third-order valence-electron chi connectivity index (χ3n) is 2.85. The second kappa shape index (κ2) is 7.38. The van der Waals surface area contributed by atoms with E-state index in [0.717, 1.165) is 36.7 Å². The molecule has 0 radical (unpaired) electrons. The Hall–Kier alpha value is -1.65. The molecular formula is C16H16ClF2NO. The van der Waals surface area contributed by atoms with Gasteiger partial charge in [0.15, 0.2) is 0 Å². The van der Waals surface area contributed by atoms with Gasteiger partial charge < -0.3 is 10.1 Å². The molecular weight excluding hydrogens is 296 g/mol. The predicted octanol–water partition coefficient (Wildman–Crippen LogP) is 4.91. The molecule has 2 aromatic carbocycles. The van der Waals surface area contributed by atoms with Crippen molar-refractivity contribution in [3.63, 3.8) is 0 Å². The lowest BCUT2D eigenvalue weighted by Gasteiger charge is -2.13. The van der Waals surface area contributed by atoms with E-state index >= 15 is 0 Å². The van der Waals surface area contributed by atoms with E-state index in [4.69, 9.17) is 16.3 Å². The Kier molecular flexibility index (Phi) is 5.53. The highest BCUT2D eigenvalue weighted by atomic mass is 35.5. The quantitative estimate of drug-likeness (QED) is 0.765. The molecule has 2 rings (SSSR count). The summed E-state index contributed by atoms with van der Waals surface area (Å²) in [5.41, 5.74) is 0.834. The minimum Gasteiger partial charge on any atom is -0.455 e. The van der Waals surface area contributed by atoms with Crippen molar-refractivity contribution >= 4 is 11.6 Å². The van der Waals surface area contributed by atoms with Crippen LogP contribution in [-0.4, -0.2) is 6.54 Å². The Morgan fingerprint density at radius 3 is 2.52 bits per heavy atom. The second-order valence-electron chi connectivity index (χ2n) is 4.61. The van der Waals surface area contributed by atoms with Crippen LogP contribution in [0.15, 0.2) is 36.4 Å². The van der Waals surface area contributed by atoms with Crippen LogP contribution in [0.3, 0.4) is 0 Å². The zero-order valence-corrected chi connectivity index (χ0v) is 12.4. The molecule has 0 bridgehead atoms. The summed E-state index contributed by atoms with van der Waals surface area (Å²) in [6.07, 6.45) is 1.01. The van der Waals surface area contributed by atoms with Gasteiger partial charge in [0.2, 0.25) is 0 Å². The number of hydrogen-bond donors (Lipinski definition) is 1. The molecule has 5 heteroatoms. The zero-order valence-electron chi connectivity index (χ0n) is 11.6. The molecule has 2 aromatic rings. The summed E-state index contributed by atoms with van der Waals surface area (Å²) in [7, 11) is 0. The summed E-state index contributed by atoms with van der Waals surface area (Å²) in [6.45, 7) is 3.50. The van der Waals surface area contributed by atoms with Gasteiger partial charge in [0.1, 0.15) is 23.1 Å². The van der Waals surface area contributed by atoms with Gasteiger partial charge >= 0.3 is 0 Å². The monoisotopic (exact) mass is 311 g/mol. The van der Waals surface area contributed by atoms with Crippen molar-refractivity contribution < 1.29 is 13.5 Å². The van der Waals surface area contributed by atoms with Crippen molar-refractivity contribution in [2.45, 2.75) is 19.9 Å². The number of ether oxygens (including phenoxy) is 1. The van der Waals surface area contributed by atoms with E-state index in [1.54, 1.807) is 6.07 Å². The van der Waals surface area contributed by atoms with Crippen molar-refractivity contribution in [3.8, 4) is 11.5 Å². The molecule has 0 atom stereocenters. The molecule has 0 aliphatic heterocycles. The molecule has 0 aliphatic carbocycles. The van der Waals surface area contributed by atoms with Gasteiger partial charge in [-0.15, -0.1) is 0 Å². The average Bonchev–Trinajstić information content (AvgIpc) is 2.41. The Morgan fingerprint density at radius 1 is 1.14 bits per heavy atom. The van der Waals surface area contributed by atoms with Crippen LogP contribution >= 0.6 is 11.6 Å². The van der Waals surface area contributed by atoms with E-state index in [0.29, 0.717) is 17.3 Å². The summed E-state index contributed by atoms with van der Waals surface area (Å²) >= 11 is 6.13. The van der Waals surface area contributed by atoms with Gasteiger partial charge in [-0.25, -0.2) is 8.78 Å². The van der Waals surface area contributed by atoms with Crippen LogP contribution in [0, 0.1) is 11.6 Å². The van der Waals surface area contributed by atoms with Gasteiger partial charge in [-0.3, -0.25) is 0 Å². The van der Waals surface area contributed by atoms with Crippen molar-refractivity contribution in [1.29, 1.82) is 0 Å². The van der Waals surface area contributed by atoms with E-state index in [9.17, 15) is 8.78 Å². The lowest BCUT2D eigenvalue weighted by atomic mass is 10.2. The molecule has 0 saturated heterocycles. The van der Waals surface area contributed by atoms with Crippen LogP contribution in [-0.2, 0) is 6.54 Å². The number of hydrogen-bond acceptors (Lipinski definition) is 2. The SMILES string of the molecule is CCCNCc1cccc(Cl)c1Oc1cc(F)cc(F)c1. The van der Waals surface area contributed by atoms with E-state index < -0.39 is 11.6 Å². The van der Waals surface area contributed by atoms with Crippen LogP contribution in [0.25, 0.3) is 0 Å². The minimum atomic E-state index is -0.692. The molecule has 0 unspecified atom stereocenters. The molecule has 0 amide bonds. The highest BCUT2D eigenvalue weighted by Crippen LogP contribution is 2.33. The largest absolute Gasteiger partial charge is 0.455 e. The highest BCUT2D eigenvalue weighted by molar-refractivity contribution is 6.32. The first-order valence-electron chi connectivity index (χ1n) is 6.72. The normalized spacial score (nSPS) is 10.7. The van der Waals surface area contributed by atoms with Crippen molar-refractivity contribution in [1.82, 2.24) is 5.32 Å². The maximum atomic E-state index is 13.2. The van der Waals surface area contributed by atoms with Crippen LogP contribution in [0.5, 0.6) is 11.5 Å². The standard InChI is InChI=1S/C16H16ClF2NO/c1-2-6-20-10-11-4-3-5-15(17)16(11)21-14-8-12(18)7-13(19)9-14/h3-5,7-9,20H,2,6,10H2,1H3. The third-order valence-corrected chi connectivity index (χ3v) is 3.14. The lowest BCUT2D eigenvalue weighted by Crippen LogP contribution is -2.14. The second-order valence-corrected chi connectivity index (χ2v) is 5.02. The van der Waals surface area contributed by atoms with Crippen LogP contribution < -0.4 is 10.1 Å². The molecule has 0 heterocycles. The lowest BCUT2D eigenvalue weighted by molar-refractivity contribution is 0.460. The van der Waals surface area contributed by atoms with Crippen molar-refractivity contribution in [3.05, 3.63) is 58.6 Å². The fourth-order valence-corrected chi connectivity index (χ4v) is 2.14. The van der Waals surface area contributed by atoms with Crippen LogP contribution in [0.1, 0.15) is 18.9 Å². The van der Waals surface area contributed by atoms with Crippen molar-refractivity contribution in [2.24, 2.45) is 0 Å². The summed E-state index contributed by atoms with van der Waals surface area (Å²) in [5, 5.41) is 3.64. The molecule has 0 spiro atoms. The third kappa shape index (κ3) is 4.41. The first-order valence-corrected chi connectivity index (χ1v) is 7.10. The topological polar surface area (TPSA) is 21.3 Å². The number of halogens is 3. The Morgan fingerprint density at radius 2 is 1.86 bits per heavy atom. The van der Waals surface area contributed by atoms with Gasteiger partial charge in [0.25, 0.3) is 0 Å². The Bertz CT molecular complexity index is 599. The first-order chi connectivity index (χ1) is 10.1. The maximum Gasteiger partial charge on any atom is 0.150 e. The minimum absolute atomic E-state index is 0.0809. The van der Waals surface area contributed by atoms with E-state index in [1.807, 2.05) is 12.1 Å². The van der Waals surface area contributed by atoms with Crippen LogP contribution in [0.2, 0.25) is 5.02 Å². The molecule has 1 N–H and O–H groups in total. The molecule has 2 nitrogen and oxygen atoms in total. The molecule has 112 valence electrons. The highest BCUT2D eigenvalue weighted by Gasteiger charge is 2.11. The summed E-state index contributed by atoms with van der Waals surface area (Å²) in [5.74, 6) is -0.893. The van der Waals surface area contributed by atoms with E-state index in [1.165, 1.54) is 0 Å². The first kappa shape index (κ1) is 15.7. The molecule has 0 aromatic heterocycles. The summed E-state index contributed by atoms with van der Waals surface area (Å²) in [6, 6.07) is 8.38. The van der Waals surface area contributed by atoms with Gasteiger partial charge in [-0.05, 0) is 19.0 Å². The van der Waals surface area contributed by atoms with Crippen molar-refractivity contribution in [2.75, 3.05) is 6.54 Å². The van der Waals surface area contributed by atoms with E-state index in [-0.39, 0.29) is 5.75 Å². The fourth-order valence-electron chi connectivity index (χ4n) is 1.91. The van der Waals surface area contributed by atoms with Gasteiger partial charge in [0.05, 0.1) is 5.02 Å². The number of rotatable bonds is 6. The molecule has 0 fully saturated rings. The van der Waals surface area contributed by atoms with E-state index in [2.05, 4.69) is 12.2 Å². The smallest absolute Gasteiger partial charge is 0.150 e. The maximum absolute atomic E-state index is 13.2. The Balaban J connectivity index is 2.25. The summed E-state index contributed by atoms with van der Waals surface area (Å²) < 4.78 is 32.0. The van der Waals surface area contributed by atoms with Gasteiger partial charge in [-0.2, -0.15) is 0 Å². The number of benzene rings is 2. The number of para-hydroxylation sites is 1. The van der Waals surface area contributed by atoms with Gasteiger partial charge in [-0.1, -0.05) is 30.7 Å². The molecule has 21 heavy (non-hydrogen) atoms. The van der Waals surface area contributed by atoms with Crippen LogP contribution in [0.4, 0.5) is 8.78 Å². The molecule has 0 aliphatic rings. The Labute approximate surface area is 127 Å². The average molecular weight is 312 g/mol. The summed E-state index contributed by atoms with van der Waals surface area (Å²) in [4.78, 5) is 0. The fraction of sp³-hybridized carbons (Fsp3) is 0.250. The predicted molar refractivity (Wildman–Crippen MR) is 79.9 cm³/mol. The molecule has 0 saturated carbocycles. The van der Waals surface area contributed by atoms with Gasteiger partial charge in [0, 0.05) is 30.3 Å². The zero-order chi connectivity index (χ0) is 15.2.